The number of aliphatic carboxylic acids is 1. The first kappa shape index (κ1) is 9.97. The van der Waals surface area contributed by atoms with Gasteiger partial charge in [-0.25, -0.2) is 0 Å². The van der Waals surface area contributed by atoms with Gasteiger partial charge >= 0.3 is 5.97 Å². The molecule has 0 spiro atoms. The summed E-state index contributed by atoms with van der Waals surface area (Å²) in [5.41, 5.74) is -0.462. The van der Waals surface area contributed by atoms with Gasteiger partial charge in [-0.15, -0.1) is 0 Å². The van der Waals surface area contributed by atoms with Crippen LogP contribution in [0.4, 0.5) is 0 Å². The van der Waals surface area contributed by atoms with E-state index in [0.717, 1.165) is 38.7 Å². The van der Waals surface area contributed by atoms with Crippen molar-refractivity contribution in [3.8, 4) is 0 Å². The maximum atomic E-state index is 11.4. The molecule has 2 atom stereocenters. The van der Waals surface area contributed by atoms with Crippen LogP contribution in [0.15, 0.2) is 0 Å². The van der Waals surface area contributed by atoms with Gasteiger partial charge in [-0.1, -0.05) is 12.8 Å². The highest BCUT2D eigenvalue weighted by Gasteiger charge is 2.51. The zero-order valence-electron chi connectivity index (χ0n) is 8.66. The van der Waals surface area contributed by atoms with E-state index in [1.54, 1.807) is 0 Å². The van der Waals surface area contributed by atoms with Gasteiger partial charge in [0.1, 0.15) is 0 Å². The SMILES string of the molecule is CC1OCCC1C1(C(=O)O)CCCC1. The van der Waals surface area contributed by atoms with Crippen LogP contribution in [0.1, 0.15) is 39.0 Å². The quantitative estimate of drug-likeness (QED) is 0.738. The minimum Gasteiger partial charge on any atom is -0.481 e. The van der Waals surface area contributed by atoms with Crippen molar-refractivity contribution in [3.63, 3.8) is 0 Å². The Balaban J connectivity index is 2.21. The van der Waals surface area contributed by atoms with Gasteiger partial charge in [0.05, 0.1) is 11.5 Å². The number of ether oxygens (including phenoxy) is 1. The van der Waals surface area contributed by atoms with E-state index in [-0.39, 0.29) is 12.0 Å². The van der Waals surface area contributed by atoms with E-state index in [4.69, 9.17) is 4.74 Å². The molecule has 0 aromatic carbocycles. The summed E-state index contributed by atoms with van der Waals surface area (Å²) in [5, 5.41) is 9.39. The van der Waals surface area contributed by atoms with Crippen LogP contribution in [-0.2, 0) is 9.53 Å². The van der Waals surface area contributed by atoms with Gasteiger partial charge in [0.15, 0.2) is 0 Å². The Bertz CT molecular complexity index is 231. The third-order valence-electron chi connectivity index (χ3n) is 4.01. The van der Waals surface area contributed by atoms with Crippen molar-refractivity contribution < 1.29 is 14.6 Å². The van der Waals surface area contributed by atoms with E-state index in [1.807, 2.05) is 6.92 Å². The zero-order valence-corrected chi connectivity index (χ0v) is 8.66. The van der Waals surface area contributed by atoms with Gasteiger partial charge in [-0.05, 0) is 26.2 Å². The Morgan fingerprint density at radius 2 is 2.07 bits per heavy atom. The molecular weight excluding hydrogens is 180 g/mol. The molecule has 1 aliphatic heterocycles. The average Bonchev–Trinajstić information content (AvgIpc) is 2.72. The molecule has 3 nitrogen and oxygen atoms in total. The summed E-state index contributed by atoms with van der Waals surface area (Å²) in [7, 11) is 0. The summed E-state index contributed by atoms with van der Waals surface area (Å²) >= 11 is 0. The second kappa shape index (κ2) is 3.54. The summed E-state index contributed by atoms with van der Waals surface area (Å²) in [6.07, 6.45) is 4.88. The average molecular weight is 198 g/mol. The molecule has 14 heavy (non-hydrogen) atoms. The number of carbonyl (C=O) groups is 1. The highest BCUT2D eigenvalue weighted by molar-refractivity contribution is 5.75. The van der Waals surface area contributed by atoms with Crippen LogP contribution in [0, 0.1) is 11.3 Å². The fraction of sp³-hybridized carbons (Fsp3) is 0.909. The van der Waals surface area contributed by atoms with Crippen LogP contribution < -0.4 is 0 Å². The lowest BCUT2D eigenvalue weighted by Crippen LogP contribution is -2.39. The Morgan fingerprint density at radius 3 is 2.50 bits per heavy atom. The van der Waals surface area contributed by atoms with Crippen LogP contribution >= 0.6 is 0 Å². The van der Waals surface area contributed by atoms with Gasteiger partial charge in [-0.2, -0.15) is 0 Å². The smallest absolute Gasteiger partial charge is 0.310 e. The van der Waals surface area contributed by atoms with E-state index in [2.05, 4.69) is 0 Å². The van der Waals surface area contributed by atoms with Crippen LogP contribution in [0.5, 0.6) is 0 Å². The number of hydrogen-bond acceptors (Lipinski definition) is 2. The minimum atomic E-state index is -0.600. The summed E-state index contributed by atoms with van der Waals surface area (Å²) in [4.78, 5) is 11.4. The molecule has 0 radical (unpaired) electrons. The Kier molecular flexibility index (Phi) is 2.52. The highest BCUT2D eigenvalue weighted by Crippen LogP contribution is 2.49. The zero-order chi connectivity index (χ0) is 10.2. The summed E-state index contributed by atoms with van der Waals surface area (Å²) in [6.45, 7) is 2.75. The minimum absolute atomic E-state index is 0.129. The third-order valence-corrected chi connectivity index (χ3v) is 4.01. The lowest BCUT2D eigenvalue weighted by molar-refractivity contribution is -0.153. The molecule has 1 saturated heterocycles. The topological polar surface area (TPSA) is 46.5 Å². The van der Waals surface area contributed by atoms with E-state index in [1.165, 1.54) is 0 Å². The van der Waals surface area contributed by atoms with Gasteiger partial charge in [-0.3, -0.25) is 4.79 Å². The van der Waals surface area contributed by atoms with E-state index >= 15 is 0 Å². The number of carboxylic acids is 1. The molecule has 3 heteroatoms. The molecule has 80 valence electrons. The number of carboxylic acid groups (broad SMARTS) is 1. The van der Waals surface area contributed by atoms with Crippen molar-refractivity contribution in [2.45, 2.75) is 45.1 Å². The lowest BCUT2D eigenvalue weighted by atomic mass is 9.71. The molecule has 2 fully saturated rings. The van der Waals surface area contributed by atoms with Gasteiger partial charge < -0.3 is 9.84 Å². The maximum absolute atomic E-state index is 11.4. The fourth-order valence-corrected chi connectivity index (χ4v) is 3.21. The highest BCUT2D eigenvalue weighted by atomic mass is 16.5. The van der Waals surface area contributed by atoms with Crippen molar-refractivity contribution in [2.75, 3.05) is 6.61 Å². The first-order valence-corrected chi connectivity index (χ1v) is 5.52. The van der Waals surface area contributed by atoms with E-state index in [0.29, 0.717) is 0 Å². The predicted octanol–water partition coefficient (Wildman–Crippen LogP) is 2.06. The van der Waals surface area contributed by atoms with Crippen molar-refractivity contribution in [3.05, 3.63) is 0 Å². The lowest BCUT2D eigenvalue weighted by Gasteiger charge is -2.32. The van der Waals surface area contributed by atoms with Crippen LogP contribution in [0.3, 0.4) is 0 Å². The van der Waals surface area contributed by atoms with Gasteiger partial charge in [0.25, 0.3) is 0 Å². The molecular formula is C11H18O3. The normalized spacial score (nSPS) is 36.1. The molecule has 1 saturated carbocycles. The summed E-state index contributed by atoms with van der Waals surface area (Å²) in [5.74, 6) is -0.361. The molecule has 1 N–H and O–H groups in total. The molecule has 0 amide bonds. The van der Waals surface area contributed by atoms with Gasteiger partial charge in [0, 0.05) is 12.5 Å². The second-order valence-electron chi connectivity index (χ2n) is 4.64. The van der Waals surface area contributed by atoms with Crippen LogP contribution in [0.25, 0.3) is 0 Å². The standard InChI is InChI=1S/C11H18O3/c1-8-9(4-7-14-8)11(10(12)13)5-2-3-6-11/h8-9H,2-7H2,1H3,(H,12,13). The Morgan fingerprint density at radius 1 is 1.43 bits per heavy atom. The number of rotatable bonds is 2. The van der Waals surface area contributed by atoms with Crippen LogP contribution in [-0.4, -0.2) is 23.8 Å². The van der Waals surface area contributed by atoms with Crippen molar-refractivity contribution in [2.24, 2.45) is 11.3 Å². The third kappa shape index (κ3) is 1.34. The van der Waals surface area contributed by atoms with E-state index in [9.17, 15) is 9.90 Å². The molecule has 0 aromatic rings. The monoisotopic (exact) mass is 198 g/mol. The Labute approximate surface area is 84.4 Å². The first-order valence-electron chi connectivity index (χ1n) is 5.52. The van der Waals surface area contributed by atoms with Gasteiger partial charge in [0.2, 0.25) is 0 Å². The molecule has 2 unspecified atom stereocenters. The molecule has 1 heterocycles. The maximum Gasteiger partial charge on any atom is 0.310 e. The second-order valence-corrected chi connectivity index (χ2v) is 4.64. The molecule has 2 aliphatic rings. The first-order chi connectivity index (χ1) is 6.67. The predicted molar refractivity (Wildman–Crippen MR) is 52.1 cm³/mol. The summed E-state index contributed by atoms with van der Waals surface area (Å²) < 4.78 is 5.49. The van der Waals surface area contributed by atoms with Crippen molar-refractivity contribution >= 4 is 5.97 Å². The molecule has 0 bridgehead atoms. The molecule has 1 aliphatic carbocycles. The Hall–Kier alpha value is -0.570. The van der Waals surface area contributed by atoms with E-state index < -0.39 is 11.4 Å². The largest absolute Gasteiger partial charge is 0.481 e. The number of hydrogen-bond donors (Lipinski definition) is 1. The van der Waals surface area contributed by atoms with Crippen LogP contribution in [0.2, 0.25) is 0 Å². The summed E-state index contributed by atoms with van der Waals surface area (Å²) in [6, 6.07) is 0. The molecule has 0 aromatic heterocycles. The van der Waals surface area contributed by atoms with Crippen molar-refractivity contribution in [1.29, 1.82) is 0 Å². The fourth-order valence-electron chi connectivity index (χ4n) is 3.21. The molecule has 2 rings (SSSR count). The van der Waals surface area contributed by atoms with Crippen molar-refractivity contribution in [1.82, 2.24) is 0 Å².